The number of carbonyl (C=O) groups is 2. The Labute approximate surface area is 217 Å². The molecule has 0 unspecified atom stereocenters. The van der Waals surface area contributed by atoms with Gasteiger partial charge in [-0.15, -0.1) is 0 Å². The van der Waals surface area contributed by atoms with Crippen molar-refractivity contribution >= 4 is 40.9 Å². The number of benzene rings is 3. The number of piperazine rings is 1. The summed E-state index contributed by atoms with van der Waals surface area (Å²) in [6.07, 6.45) is 4.21. The van der Waals surface area contributed by atoms with Gasteiger partial charge in [-0.2, -0.15) is 0 Å². The third kappa shape index (κ3) is 6.67. The molecular weight excluding hydrogens is 474 g/mol. The van der Waals surface area contributed by atoms with Crippen LogP contribution in [0.2, 0.25) is 5.02 Å². The minimum Gasteiger partial charge on any atom is -0.494 e. The van der Waals surface area contributed by atoms with Gasteiger partial charge in [-0.05, 0) is 60.5 Å². The first-order chi connectivity index (χ1) is 17.5. The van der Waals surface area contributed by atoms with Gasteiger partial charge in [0.2, 0.25) is 5.91 Å². The highest BCUT2D eigenvalue weighted by atomic mass is 35.5. The number of amides is 2. The summed E-state index contributed by atoms with van der Waals surface area (Å²) in [4.78, 5) is 29.2. The van der Waals surface area contributed by atoms with E-state index >= 15 is 0 Å². The molecule has 3 aromatic rings. The highest BCUT2D eigenvalue weighted by Gasteiger charge is 2.23. The Kier molecular flexibility index (Phi) is 8.63. The molecule has 4 rings (SSSR count). The molecule has 7 heteroatoms. The number of anilines is 2. The topological polar surface area (TPSA) is 61.9 Å². The molecule has 1 heterocycles. The number of nitrogens with zero attached hydrogens (tertiary/aromatic N) is 2. The maximum Gasteiger partial charge on any atom is 0.253 e. The van der Waals surface area contributed by atoms with Crippen molar-refractivity contribution in [1.29, 1.82) is 0 Å². The smallest absolute Gasteiger partial charge is 0.253 e. The van der Waals surface area contributed by atoms with Crippen molar-refractivity contribution in [1.82, 2.24) is 4.90 Å². The molecular formula is C29H30ClN3O3. The Hall–Kier alpha value is -3.77. The van der Waals surface area contributed by atoms with Gasteiger partial charge in [-0.3, -0.25) is 9.59 Å². The average Bonchev–Trinajstić information content (AvgIpc) is 2.91. The summed E-state index contributed by atoms with van der Waals surface area (Å²) in [6.45, 7) is 5.28. The SMILES string of the molecule is CCCOc1ccc(C(=O)N2CCN(c3ccc(NC(=O)/C=C/c4ccccc4)cc3Cl)CC2)cc1. The highest BCUT2D eigenvalue weighted by Crippen LogP contribution is 2.30. The molecule has 0 bridgehead atoms. The molecule has 1 fully saturated rings. The summed E-state index contributed by atoms with van der Waals surface area (Å²) in [5.41, 5.74) is 3.13. The molecule has 1 aliphatic rings. The molecule has 1 saturated heterocycles. The molecule has 2 amide bonds. The summed E-state index contributed by atoms with van der Waals surface area (Å²) >= 11 is 6.56. The van der Waals surface area contributed by atoms with Crippen molar-refractivity contribution in [3.63, 3.8) is 0 Å². The Morgan fingerprint density at radius 1 is 0.972 bits per heavy atom. The Balaban J connectivity index is 1.30. The van der Waals surface area contributed by atoms with Crippen molar-refractivity contribution < 1.29 is 14.3 Å². The van der Waals surface area contributed by atoms with Crippen LogP contribution in [0, 0.1) is 0 Å². The molecule has 186 valence electrons. The van der Waals surface area contributed by atoms with Crippen molar-refractivity contribution in [2.24, 2.45) is 0 Å². The van der Waals surface area contributed by atoms with Crippen molar-refractivity contribution in [2.75, 3.05) is 43.0 Å². The molecule has 36 heavy (non-hydrogen) atoms. The fourth-order valence-corrected chi connectivity index (χ4v) is 4.31. The fraction of sp³-hybridized carbons (Fsp3) is 0.241. The van der Waals surface area contributed by atoms with Gasteiger partial charge in [-0.1, -0.05) is 48.9 Å². The van der Waals surface area contributed by atoms with E-state index in [-0.39, 0.29) is 11.8 Å². The third-order valence-corrected chi connectivity index (χ3v) is 6.23. The van der Waals surface area contributed by atoms with Gasteiger partial charge in [0.15, 0.2) is 0 Å². The van der Waals surface area contributed by atoms with E-state index in [0.29, 0.717) is 49.1 Å². The molecule has 1 N–H and O–H groups in total. The van der Waals surface area contributed by atoms with Gasteiger partial charge in [0.1, 0.15) is 5.75 Å². The number of halogens is 1. The maximum atomic E-state index is 12.9. The number of hydrogen-bond acceptors (Lipinski definition) is 4. The van der Waals surface area contributed by atoms with Crippen LogP contribution < -0.4 is 15.0 Å². The van der Waals surface area contributed by atoms with E-state index in [0.717, 1.165) is 23.4 Å². The maximum absolute atomic E-state index is 12.9. The van der Waals surface area contributed by atoms with Crippen LogP contribution in [0.3, 0.4) is 0 Å². The van der Waals surface area contributed by atoms with Crippen LogP contribution in [0.5, 0.6) is 5.75 Å². The number of rotatable bonds is 8. The zero-order valence-corrected chi connectivity index (χ0v) is 21.1. The van der Waals surface area contributed by atoms with Gasteiger partial charge in [0, 0.05) is 43.5 Å². The first-order valence-corrected chi connectivity index (χ1v) is 12.5. The number of nitrogens with one attached hydrogen (secondary N) is 1. The number of carbonyl (C=O) groups excluding carboxylic acids is 2. The van der Waals surface area contributed by atoms with Crippen molar-refractivity contribution in [3.05, 3.63) is 95.0 Å². The lowest BCUT2D eigenvalue weighted by atomic mass is 10.1. The molecule has 0 atom stereocenters. The monoisotopic (exact) mass is 503 g/mol. The molecule has 1 aliphatic heterocycles. The lowest BCUT2D eigenvalue weighted by Gasteiger charge is -2.36. The fourth-order valence-electron chi connectivity index (χ4n) is 4.01. The number of ether oxygens (including phenoxy) is 1. The van der Waals surface area contributed by atoms with Gasteiger partial charge in [0.25, 0.3) is 5.91 Å². The van der Waals surface area contributed by atoms with Crippen LogP contribution in [0.1, 0.15) is 29.3 Å². The summed E-state index contributed by atoms with van der Waals surface area (Å²) in [7, 11) is 0. The van der Waals surface area contributed by atoms with Crippen molar-refractivity contribution in [3.8, 4) is 5.75 Å². The van der Waals surface area contributed by atoms with Gasteiger partial charge in [0.05, 0.1) is 17.3 Å². The predicted octanol–water partition coefficient (Wildman–Crippen LogP) is 5.74. The average molecular weight is 504 g/mol. The van der Waals surface area contributed by atoms with Gasteiger partial charge < -0.3 is 19.9 Å². The second-order valence-electron chi connectivity index (χ2n) is 8.55. The normalized spacial score (nSPS) is 13.6. The van der Waals surface area contributed by atoms with Crippen LogP contribution in [0.15, 0.2) is 78.9 Å². The Morgan fingerprint density at radius 3 is 2.36 bits per heavy atom. The highest BCUT2D eigenvalue weighted by molar-refractivity contribution is 6.33. The summed E-state index contributed by atoms with van der Waals surface area (Å²) in [5.74, 6) is 0.573. The summed E-state index contributed by atoms with van der Waals surface area (Å²) in [5, 5.41) is 3.41. The van der Waals surface area contributed by atoms with Crippen LogP contribution >= 0.6 is 11.6 Å². The van der Waals surface area contributed by atoms with E-state index in [1.807, 2.05) is 71.6 Å². The second kappa shape index (κ2) is 12.3. The van der Waals surface area contributed by atoms with Crippen molar-refractivity contribution in [2.45, 2.75) is 13.3 Å². The first-order valence-electron chi connectivity index (χ1n) is 12.1. The minimum atomic E-state index is -0.222. The molecule has 0 radical (unpaired) electrons. The molecule has 0 aromatic heterocycles. The predicted molar refractivity (Wildman–Crippen MR) is 146 cm³/mol. The van der Waals surface area contributed by atoms with Crippen LogP contribution in [-0.4, -0.2) is 49.5 Å². The van der Waals surface area contributed by atoms with Gasteiger partial charge in [-0.25, -0.2) is 0 Å². The van der Waals surface area contributed by atoms with Crippen LogP contribution in [-0.2, 0) is 4.79 Å². The van der Waals surface area contributed by atoms with Gasteiger partial charge >= 0.3 is 0 Å². The zero-order chi connectivity index (χ0) is 25.3. The third-order valence-electron chi connectivity index (χ3n) is 5.92. The van der Waals surface area contributed by atoms with E-state index in [1.165, 1.54) is 6.08 Å². The quantitative estimate of drug-likeness (QED) is 0.398. The Bertz CT molecular complexity index is 1200. The van der Waals surface area contributed by atoms with Crippen LogP contribution in [0.25, 0.3) is 6.08 Å². The van der Waals surface area contributed by atoms with E-state index in [4.69, 9.17) is 16.3 Å². The molecule has 0 saturated carbocycles. The summed E-state index contributed by atoms with van der Waals surface area (Å²) in [6, 6.07) is 22.5. The van der Waals surface area contributed by atoms with Crippen LogP contribution in [0.4, 0.5) is 11.4 Å². The van der Waals surface area contributed by atoms with E-state index in [1.54, 1.807) is 12.1 Å². The lowest BCUT2D eigenvalue weighted by Crippen LogP contribution is -2.48. The molecule has 0 spiro atoms. The Morgan fingerprint density at radius 2 is 1.69 bits per heavy atom. The van der Waals surface area contributed by atoms with E-state index < -0.39 is 0 Å². The molecule has 0 aliphatic carbocycles. The first kappa shape index (κ1) is 25.3. The summed E-state index contributed by atoms with van der Waals surface area (Å²) < 4.78 is 5.60. The number of hydrogen-bond donors (Lipinski definition) is 1. The van der Waals surface area contributed by atoms with E-state index in [2.05, 4.69) is 17.1 Å². The zero-order valence-electron chi connectivity index (χ0n) is 20.3. The lowest BCUT2D eigenvalue weighted by molar-refractivity contribution is -0.111. The molecule has 3 aromatic carbocycles. The standard InChI is InChI=1S/C29H30ClN3O3/c1-2-20-36-25-12-9-23(10-13-25)29(35)33-18-16-32(17-19-33)27-14-11-24(21-26(27)30)31-28(34)15-8-22-6-4-3-5-7-22/h3-15,21H,2,16-20H2,1H3,(H,31,34)/b15-8+. The largest absolute Gasteiger partial charge is 0.494 e. The minimum absolute atomic E-state index is 0.0180. The second-order valence-corrected chi connectivity index (χ2v) is 8.96. The molecule has 6 nitrogen and oxygen atoms in total. The van der Waals surface area contributed by atoms with E-state index in [9.17, 15) is 9.59 Å².